The third-order valence-electron chi connectivity index (χ3n) is 5.92. The molecule has 1 aromatic heterocycles. The third kappa shape index (κ3) is 5.08. The van der Waals surface area contributed by atoms with Gasteiger partial charge in [0.15, 0.2) is 0 Å². The van der Waals surface area contributed by atoms with Gasteiger partial charge in [-0.25, -0.2) is 4.68 Å². The molecular weight excluding hydrogens is 497 g/mol. The molecular formula is C27H23Cl2N5O2. The zero-order chi connectivity index (χ0) is 25.1. The van der Waals surface area contributed by atoms with Crippen molar-refractivity contribution in [1.82, 2.24) is 20.1 Å². The van der Waals surface area contributed by atoms with Crippen molar-refractivity contribution in [1.29, 1.82) is 0 Å². The van der Waals surface area contributed by atoms with Crippen molar-refractivity contribution in [2.45, 2.75) is 26.1 Å². The second-order valence-corrected chi connectivity index (χ2v) is 9.20. The van der Waals surface area contributed by atoms with Crippen LogP contribution >= 0.6 is 23.2 Å². The monoisotopic (exact) mass is 519 g/mol. The van der Waals surface area contributed by atoms with Crippen molar-refractivity contribution in [2.24, 2.45) is 0 Å². The Morgan fingerprint density at radius 3 is 2.72 bits per heavy atom. The molecule has 5 rings (SSSR count). The summed E-state index contributed by atoms with van der Waals surface area (Å²) in [6, 6.07) is 22.2. The molecule has 0 fully saturated rings. The molecule has 1 atom stereocenters. The lowest BCUT2D eigenvalue weighted by Gasteiger charge is -2.29. The number of ether oxygens (including phenoxy) is 1. The van der Waals surface area contributed by atoms with Gasteiger partial charge in [0, 0.05) is 27.9 Å². The first-order valence-electron chi connectivity index (χ1n) is 11.4. The zero-order valence-corrected chi connectivity index (χ0v) is 20.9. The predicted molar refractivity (Wildman–Crippen MR) is 140 cm³/mol. The summed E-state index contributed by atoms with van der Waals surface area (Å²) in [5.74, 6) is 1.02. The van der Waals surface area contributed by atoms with E-state index in [4.69, 9.17) is 27.9 Å². The molecule has 2 heterocycles. The number of amides is 1. The highest BCUT2D eigenvalue weighted by Crippen LogP contribution is 2.36. The smallest absolute Gasteiger partial charge is 0.251 e. The van der Waals surface area contributed by atoms with Crippen molar-refractivity contribution in [2.75, 3.05) is 5.32 Å². The maximum atomic E-state index is 13.4. The molecule has 7 nitrogen and oxygen atoms in total. The molecule has 0 aliphatic carbocycles. The average molecular weight is 520 g/mol. The van der Waals surface area contributed by atoms with Gasteiger partial charge in [-0.3, -0.25) is 4.79 Å². The van der Waals surface area contributed by atoms with E-state index in [2.05, 4.69) is 20.7 Å². The highest BCUT2D eigenvalue weighted by molar-refractivity contribution is 6.35. The van der Waals surface area contributed by atoms with E-state index in [9.17, 15) is 4.79 Å². The van der Waals surface area contributed by atoms with Gasteiger partial charge in [0.25, 0.3) is 5.91 Å². The fourth-order valence-electron chi connectivity index (χ4n) is 4.14. The maximum Gasteiger partial charge on any atom is 0.251 e. The van der Waals surface area contributed by atoms with E-state index < -0.39 is 6.04 Å². The van der Waals surface area contributed by atoms with E-state index in [1.807, 2.05) is 67.6 Å². The van der Waals surface area contributed by atoms with E-state index in [1.54, 1.807) is 16.8 Å². The number of carbonyl (C=O) groups is 1. The molecule has 36 heavy (non-hydrogen) atoms. The normalized spacial score (nSPS) is 14.7. The molecule has 0 bridgehead atoms. The zero-order valence-electron chi connectivity index (χ0n) is 19.4. The number of allylic oxidation sites excluding steroid dienone is 1. The number of hydrogen-bond donors (Lipinski definition) is 2. The van der Waals surface area contributed by atoms with Gasteiger partial charge in [0.2, 0.25) is 5.95 Å². The van der Waals surface area contributed by atoms with Crippen LogP contribution in [0.25, 0.3) is 0 Å². The second-order valence-electron chi connectivity index (χ2n) is 8.36. The summed E-state index contributed by atoms with van der Waals surface area (Å²) in [5, 5.41) is 11.7. The molecule has 2 N–H and O–H groups in total. The van der Waals surface area contributed by atoms with Crippen LogP contribution in [-0.4, -0.2) is 20.7 Å². The van der Waals surface area contributed by atoms with Gasteiger partial charge in [-0.1, -0.05) is 71.7 Å². The van der Waals surface area contributed by atoms with Gasteiger partial charge in [-0.2, -0.15) is 10.1 Å². The SMILES string of the molecule is CC1=C(C(=O)NCc2ccccc2)C(c2cccc(OCc3ccc(Cl)cc3Cl)c2)n2ncnc2N1. The molecule has 9 heteroatoms. The number of nitrogens with zero attached hydrogens (tertiary/aromatic N) is 3. The van der Waals surface area contributed by atoms with Crippen LogP contribution in [-0.2, 0) is 17.9 Å². The molecule has 4 aromatic rings. The molecule has 0 saturated heterocycles. The number of nitrogens with one attached hydrogen (secondary N) is 2. The highest BCUT2D eigenvalue weighted by Gasteiger charge is 2.33. The van der Waals surface area contributed by atoms with Gasteiger partial charge in [0.1, 0.15) is 24.7 Å². The summed E-state index contributed by atoms with van der Waals surface area (Å²) in [4.78, 5) is 17.7. The highest BCUT2D eigenvalue weighted by atomic mass is 35.5. The van der Waals surface area contributed by atoms with Gasteiger partial charge in [-0.15, -0.1) is 0 Å². The van der Waals surface area contributed by atoms with Crippen molar-refractivity contribution < 1.29 is 9.53 Å². The van der Waals surface area contributed by atoms with Crippen LogP contribution in [0.5, 0.6) is 5.75 Å². The molecule has 3 aromatic carbocycles. The second kappa shape index (κ2) is 10.4. The van der Waals surface area contributed by atoms with Crippen LogP contribution in [0.4, 0.5) is 5.95 Å². The van der Waals surface area contributed by atoms with E-state index >= 15 is 0 Å². The minimum Gasteiger partial charge on any atom is -0.489 e. The van der Waals surface area contributed by atoms with Crippen LogP contribution in [0, 0.1) is 0 Å². The quantitative estimate of drug-likeness (QED) is 0.324. The first-order chi connectivity index (χ1) is 17.5. The fourth-order valence-corrected chi connectivity index (χ4v) is 4.60. The first kappa shape index (κ1) is 23.9. The Labute approximate surface area is 218 Å². The molecule has 0 radical (unpaired) electrons. The third-order valence-corrected chi connectivity index (χ3v) is 6.51. The van der Waals surface area contributed by atoms with Crippen molar-refractivity contribution in [3.8, 4) is 5.75 Å². The fraction of sp³-hybridized carbons (Fsp3) is 0.148. The van der Waals surface area contributed by atoms with Crippen molar-refractivity contribution in [3.05, 3.63) is 117 Å². The van der Waals surface area contributed by atoms with Crippen LogP contribution in [0.3, 0.4) is 0 Å². The summed E-state index contributed by atoms with van der Waals surface area (Å²) in [7, 11) is 0. The number of carbonyl (C=O) groups excluding carboxylic acids is 1. The lowest BCUT2D eigenvalue weighted by Crippen LogP contribution is -2.34. The van der Waals surface area contributed by atoms with Gasteiger partial charge < -0.3 is 15.4 Å². The number of benzene rings is 3. The minimum absolute atomic E-state index is 0.186. The number of halogens is 2. The molecule has 182 valence electrons. The number of aromatic nitrogens is 3. The summed E-state index contributed by atoms with van der Waals surface area (Å²) in [6.07, 6.45) is 1.47. The number of rotatable bonds is 7. The first-order valence-corrected chi connectivity index (χ1v) is 12.1. The van der Waals surface area contributed by atoms with Gasteiger partial charge in [-0.05, 0) is 42.3 Å². The van der Waals surface area contributed by atoms with Gasteiger partial charge in [0.05, 0.1) is 5.57 Å². The summed E-state index contributed by atoms with van der Waals surface area (Å²) < 4.78 is 7.74. The standard InChI is InChI=1S/C27H23Cl2N5O2/c1-17-24(26(35)30-14-18-6-3-2-4-7-18)25(34-27(33-17)31-16-32-34)19-8-5-9-22(12-19)36-15-20-10-11-21(28)13-23(20)29/h2-13,16,25H,14-15H2,1H3,(H,30,35)(H,31,32,33). The Hall–Kier alpha value is -3.81. The number of anilines is 1. The van der Waals surface area contributed by atoms with Crippen LogP contribution in [0.15, 0.2) is 90.4 Å². The summed E-state index contributed by atoms with van der Waals surface area (Å²) >= 11 is 12.3. The molecule has 0 saturated carbocycles. The van der Waals surface area contributed by atoms with E-state index in [1.165, 1.54) is 6.33 Å². The Morgan fingerprint density at radius 2 is 1.92 bits per heavy atom. The van der Waals surface area contributed by atoms with E-state index in [0.29, 0.717) is 39.6 Å². The maximum absolute atomic E-state index is 13.4. The average Bonchev–Trinajstić information content (AvgIpc) is 3.35. The molecule has 1 aliphatic heterocycles. The topological polar surface area (TPSA) is 81.1 Å². The van der Waals surface area contributed by atoms with Crippen molar-refractivity contribution in [3.63, 3.8) is 0 Å². The lowest BCUT2D eigenvalue weighted by molar-refractivity contribution is -0.118. The predicted octanol–water partition coefficient (Wildman–Crippen LogP) is 5.77. The minimum atomic E-state index is -0.484. The van der Waals surface area contributed by atoms with E-state index in [0.717, 1.165) is 16.7 Å². The van der Waals surface area contributed by atoms with E-state index in [-0.39, 0.29) is 12.5 Å². The van der Waals surface area contributed by atoms with Crippen molar-refractivity contribution >= 4 is 35.1 Å². The Kier molecular flexibility index (Phi) is 6.93. The van der Waals surface area contributed by atoms with Crippen LogP contribution < -0.4 is 15.4 Å². The molecule has 1 unspecified atom stereocenters. The van der Waals surface area contributed by atoms with Gasteiger partial charge >= 0.3 is 0 Å². The lowest BCUT2D eigenvalue weighted by atomic mass is 9.95. The summed E-state index contributed by atoms with van der Waals surface area (Å²) in [5.41, 5.74) is 3.95. The van der Waals surface area contributed by atoms with Crippen LogP contribution in [0.1, 0.15) is 29.7 Å². The number of hydrogen-bond acceptors (Lipinski definition) is 5. The molecule has 1 amide bonds. The number of fused-ring (bicyclic) bond motifs is 1. The summed E-state index contributed by atoms with van der Waals surface area (Å²) in [6.45, 7) is 2.56. The largest absolute Gasteiger partial charge is 0.489 e. The molecule has 1 aliphatic rings. The Bertz CT molecular complexity index is 1440. The van der Waals surface area contributed by atoms with Crippen LogP contribution in [0.2, 0.25) is 10.0 Å². The Morgan fingerprint density at radius 1 is 1.08 bits per heavy atom. The molecule has 0 spiro atoms. The Balaban J connectivity index is 1.42.